The number of anilines is 2. The fourth-order valence-corrected chi connectivity index (χ4v) is 7.75. The smallest absolute Gasteiger partial charge is 0.416 e. The summed E-state index contributed by atoms with van der Waals surface area (Å²) in [5.41, 5.74) is -2.90. The first-order valence-corrected chi connectivity index (χ1v) is 12.9. The second-order valence-corrected chi connectivity index (χ2v) is 11.3. The lowest BCUT2D eigenvalue weighted by Crippen LogP contribution is -2.35. The molecule has 0 saturated carbocycles. The first-order valence-electron chi connectivity index (χ1n) is 11.2. The molecule has 0 radical (unpaired) electrons. The maximum absolute atomic E-state index is 15.3. The van der Waals surface area contributed by atoms with Gasteiger partial charge in [0.15, 0.2) is 23.3 Å². The van der Waals surface area contributed by atoms with E-state index in [1.165, 1.54) is 43.5 Å². The number of methoxy groups -OCH3 is 1. The highest BCUT2D eigenvalue weighted by molar-refractivity contribution is 7.80. The molecule has 12 heteroatoms. The van der Waals surface area contributed by atoms with Crippen LogP contribution in [0.15, 0.2) is 60.7 Å². The minimum Gasteiger partial charge on any atom is -0.497 e. The number of alkyl halides is 3. The number of rotatable bonds is 3. The summed E-state index contributed by atoms with van der Waals surface area (Å²) in [6.45, 7) is 1.62. The van der Waals surface area contributed by atoms with Crippen molar-refractivity contribution in [3.63, 3.8) is 0 Å². The molecule has 0 fully saturated rings. The van der Waals surface area contributed by atoms with Crippen LogP contribution >= 0.6 is 7.29 Å². The van der Waals surface area contributed by atoms with Crippen molar-refractivity contribution in [2.75, 3.05) is 11.8 Å². The molecule has 39 heavy (non-hydrogen) atoms. The standard InChI is InChI=1S/C27H16F8NO2P/c1-13-4-3-5-16(10-13)39(37)20-12-15(38-2)7-8-17(20)18-11-14(27(33,34)35)6-9-19(18)36(39)26-24(31)22(29)21(28)23(30)25(26)32/h3-12H,1-2H3. The molecule has 1 aliphatic heterocycles. The molecule has 202 valence electrons. The number of nitrogens with zero attached hydrogens (tertiary/aromatic N) is 1. The fraction of sp³-hybridized carbons (Fsp3) is 0.111. The highest BCUT2D eigenvalue weighted by Gasteiger charge is 2.47. The number of aryl methyl sites for hydroxylation is 1. The van der Waals surface area contributed by atoms with Gasteiger partial charge >= 0.3 is 6.18 Å². The molecule has 5 rings (SSSR count). The van der Waals surface area contributed by atoms with Gasteiger partial charge in [-0.15, -0.1) is 0 Å². The molecule has 4 aromatic rings. The van der Waals surface area contributed by atoms with Gasteiger partial charge < -0.3 is 4.74 Å². The van der Waals surface area contributed by atoms with Crippen LogP contribution in [0, 0.1) is 36.0 Å². The Morgan fingerprint density at radius 1 is 0.769 bits per heavy atom. The zero-order chi connectivity index (χ0) is 28.4. The zero-order valence-corrected chi connectivity index (χ0v) is 20.9. The van der Waals surface area contributed by atoms with Crippen molar-refractivity contribution in [1.29, 1.82) is 0 Å². The van der Waals surface area contributed by atoms with Crippen LogP contribution in [0.5, 0.6) is 5.75 Å². The number of hydrogen-bond acceptors (Lipinski definition) is 2. The van der Waals surface area contributed by atoms with E-state index in [4.69, 9.17) is 4.74 Å². The molecule has 0 aromatic heterocycles. The van der Waals surface area contributed by atoms with Gasteiger partial charge in [0, 0.05) is 16.2 Å². The molecule has 1 aliphatic rings. The van der Waals surface area contributed by atoms with Gasteiger partial charge in [-0.2, -0.15) is 13.2 Å². The SMILES string of the molecule is COc1ccc2c(c1)P(=O)(c1cccc(C)c1)N(c1c(F)c(F)c(F)c(F)c1F)c1ccc(C(F)(F)F)cc1-2. The number of benzene rings is 4. The topological polar surface area (TPSA) is 29.5 Å². The summed E-state index contributed by atoms with van der Waals surface area (Å²) in [7, 11) is -3.35. The minimum absolute atomic E-state index is 0.00172. The number of ether oxygens (including phenoxy) is 1. The van der Waals surface area contributed by atoms with Gasteiger partial charge in [0.2, 0.25) is 13.1 Å². The first kappa shape index (κ1) is 26.7. The highest BCUT2D eigenvalue weighted by Crippen LogP contribution is 2.63. The summed E-state index contributed by atoms with van der Waals surface area (Å²) in [6, 6.07) is 11.8. The van der Waals surface area contributed by atoms with E-state index in [-0.39, 0.29) is 27.5 Å². The molecule has 0 aliphatic carbocycles. The quantitative estimate of drug-likeness (QED) is 0.109. The van der Waals surface area contributed by atoms with E-state index in [0.29, 0.717) is 22.4 Å². The molecular formula is C27H16F8NO2P. The largest absolute Gasteiger partial charge is 0.497 e. The van der Waals surface area contributed by atoms with Gasteiger partial charge in [0.25, 0.3) is 0 Å². The second-order valence-electron chi connectivity index (χ2n) is 8.76. The van der Waals surface area contributed by atoms with Crippen LogP contribution in [0.2, 0.25) is 0 Å². The lowest BCUT2D eigenvalue weighted by Gasteiger charge is -2.40. The molecule has 0 saturated heterocycles. The van der Waals surface area contributed by atoms with Gasteiger partial charge in [-0.05, 0) is 61.0 Å². The average Bonchev–Trinajstić information content (AvgIpc) is 2.91. The van der Waals surface area contributed by atoms with Crippen molar-refractivity contribution in [3.05, 3.63) is 101 Å². The van der Waals surface area contributed by atoms with E-state index in [1.807, 2.05) is 0 Å². The molecule has 1 heterocycles. The van der Waals surface area contributed by atoms with Crippen LogP contribution in [0.3, 0.4) is 0 Å². The van der Waals surface area contributed by atoms with E-state index in [0.717, 1.165) is 6.07 Å². The summed E-state index contributed by atoms with van der Waals surface area (Å²) >= 11 is 0. The van der Waals surface area contributed by atoms with Crippen LogP contribution in [-0.4, -0.2) is 7.11 Å². The Bertz CT molecular complexity index is 1670. The predicted molar refractivity (Wildman–Crippen MR) is 130 cm³/mol. The Morgan fingerprint density at radius 2 is 1.41 bits per heavy atom. The van der Waals surface area contributed by atoms with Gasteiger partial charge in [-0.3, -0.25) is 9.24 Å². The van der Waals surface area contributed by atoms with Crippen LogP contribution in [0.25, 0.3) is 11.1 Å². The first-order chi connectivity index (χ1) is 18.3. The molecule has 0 N–H and O–H groups in total. The van der Waals surface area contributed by atoms with E-state index >= 15 is 13.3 Å². The van der Waals surface area contributed by atoms with Crippen molar-refractivity contribution < 1.29 is 44.4 Å². The van der Waals surface area contributed by atoms with Crippen LogP contribution in [0.1, 0.15) is 11.1 Å². The Hall–Kier alpha value is -3.85. The maximum atomic E-state index is 15.3. The Kier molecular flexibility index (Phi) is 6.25. The third kappa shape index (κ3) is 3.98. The van der Waals surface area contributed by atoms with Gasteiger partial charge in [-0.25, -0.2) is 22.0 Å². The number of halogens is 8. The van der Waals surface area contributed by atoms with Crippen LogP contribution < -0.4 is 20.0 Å². The number of hydrogen-bond donors (Lipinski definition) is 0. The molecule has 0 bridgehead atoms. The summed E-state index contributed by atoms with van der Waals surface area (Å²) in [5.74, 6) is -11.5. The van der Waals surface area contributed by atoms with E-state index in [1.54, 1.807) is 13.0 Å². The number of fused-ring (bicyclic) bond motifs is 3. The van der Waals surface area contributed by atoms with Crippen molar-refractivity contribution in [1.82, 2.24) is 0 Å². The summed E-state index contributed by atoms with van der Waals surface area (Å²) in [4.78, 5) is 0. The van der Waals surface area contributed by atoms with Crippen LogP contribution in [0.4, 0.5) is 46.5 Å². The third-order valence-electron chi connectivity index (χ3n) is 6.41. The highest BCUT2D eigenvalue weighted by atomic mass is 31.2. The minimum atomic E-state index is -4.84. The van der Waals surface area contributed by atoms with Crippen LogP contribution in [-0.2, 0) is 10.7 Å². The molecule has 4 aromatic carbocycles. The average molecular weight is 569 g/mol. The summed E-state index contributed by atoms with van der Waals surface area (Å²) in [6.07, 6.45) is -4.84. The van der Waals surface area contributed by atoms with Gasteiger partial charge in [0.05, 0.1) is 18.4 Å². The predicted octanol–water partition coefficient (Wildman–Crippen LogP) is 7.77. The fourth-order valence-electron chi connectivity index (χ4n) is 4.60. The molecular weight excluding hydrogens is 553 g/mol. The molecule has 1 atom stereocenters. The lowest BCUT2D eigenvalue weighted by molar-refractivity contribution is -0.137. The third-order valence-corrected chi connectivity index (χ3v) is 9.39. The molecule has 1 unspecified atom stereocenters. The van der Waals surface area contributed by atoms with E-state index in [2.05, 4.69) is 0 Å². The van der Waals surface area contributed by atoms with Gasteiger partial charge in [-0.1, -0.05) is 17.7 Å². The van der Waals surface area contributed by atoms with Gasteiger partial charge in [0.1, 0.15) is 11.4 Å². The Morgan fingerprint density at radius 3 is 2.00 bits per heavy atom. The zero-order valence-electron chi connectivity index (χ0n) is 20.0. The molecule has 3 nitrogen and oxygen atoms in total. The Balaban J connectivity index is 2.00. The van der Waals surface area contributed by atoms with Crippen molar-refractivity contribution >= 4 is 29.3 Å². The monoisotopic (exact) mass is 569 g/mol. The summed E-state index contributed by atoms with van der Waals surface area (Å²) in [5, 5.41) is -0.283. The van der Waals surface area contributed by atoms with E-state index in [9.17, 15) is 26.3 Å². The van der Waals surface area contributed by atoms with Crippen molar-refractivity contribution in [2.24, 2.45) is 0 Å². The summed E-state index contributed by atoms with van der Waals surface area (Å²) < 4.78 is 135. The molecule has 0 spiro atoms. The van der Waals surface area contributed by atoms with Crippen molar-refractivity contribution in [3.8, 4) is 16.9 Å². The van der Waals surface area contributed by atoms with Crippen molar-refractivity contribution in [2.45, 2.75) is 13.1 Å². The second kappa shape index (κ2) is 9.12. The van der Waals surface area contributed by atoms with E-state index < -0.39 is 59.5 Å². The Labute approximate surface area is 216 Å². The maximum Gasteiger partial charge on any atom is 0.416 e. The normalized spacial score (nSPS) is 16.6. The molecule has 0 amide bonds. The lowest BCUT2D eigenvalue weighted by atomic mass is 9.99.